The Kier molecular flexibility index (Phi) is 6.03. The Morgan fingerprint density at radius 2 is 1.76 bits per heavy atom. The molecule has 134 valence electrons. The van der Waals surface area contributed by atoms with Crippen LogP contribution in [0.2, 0.25) is 0 Å². The Balaban J connectivity index is 2.04. The van der Waals surface area contributed by atoms with Gasteiger partial charge in [-0.15, -0.1) is 0 Å². The lowest BCUT2D eigenvalue weighted by Crippen LogP contribution is -2.24. The Labute approximate surface area is 148 Å². The van der Waals surface area contributed by atoms with Crippen LogP contribution in [0.4, 0.5) is 11.4 Å². The number of benzene rings is 2. The minimum Gasteiger partial charge on any atom is -0.492 e. The standard InChI is InChI=1S/C18H22N2O4S/c1-4-24-17-8-6-5-7-16(17)19-18(21)13-14-9-11-15(12-10-14)20(2)25(3,22)23/h5-12H,4,13H2,1-3H3,(H,19,21). The van der Waals surface area contributed by atoms with E-state index in [4.69, 9.17) is 4.74 Å². The first-order valence-corrected chi connectivity index (χ1v) is 9.70. The molecule has 0 spiro atoms. The number of para-hydroxylation sites is 2. The van der Waals surface area contributed by atoms with Crippen molar-refractivity contribution in [3.8, 4) is 5.75 Å². The molecule has 0 aliphatic rings. The maximum atomic E-state index is 12.2. The van der Waals surface area contributed by atoms with Gasteiger partial charge in [0.25, 0.3) is 0 Å². The van der Waals surface area contributed by atoms with E-state index in [0.717, 1.165) is 11.8 Å². The number of ether oxygens (including phenoxy) is 1. The van der Waals surface area contributed by atoms with Crippen molar-refractivity contribution < 1.29 is 17.9 Å². The van der Waals surface area contributed by atoms with Crippen LogP contribution in [0.3, 0.4) is 0 Å². The molecular weight excluding hydrogens is 340 g/mol. The minimum absolute atomic E-state index is 0.170. The lowest BCUT2D eigenvalue weighted by atomic mass is 10.1. The van der Waals surface area contributed by atoms with Crippen LogP contribution in [0.5, 0.6) is 5.75 Å². The fraction of sp³-hybridized carbons (Fsp3) is 0.278. The summed E-state index contributed by atoms with van der Waals surface area (Å²) >= 11 is 0. The van der Waals surface area contributed by atoms with Crippen LogP contribution < -0.4 is 14.4 Å². The van der Waals surface area contributed by atoms with Gasteiger partial charge in [0.05, 0.1) is 30.7 Å². The molecule has 25 heavy (non-hydrogen) atoms. The molecule has 1 N–H and O–H groups in total. The molecule has 0 aliphatic heterocycles. The lowest BCUT2D eigenvalue weighted by Gasteiger charge is -2.16. The van der Waals surface area contributed by atoms with Crippen molar-refractivity contribution in [2.45, 2.75) is 13.3 Å². The maximum Gasteiger partial charge on any atom is 0.231 e. The van der Waals surface area contributed by atoms with Crippen LogP contribution >= 0.6 is 0 Å². The quantitative estimate of drug-likeness (QED) is 0.822. The highest BCUT2D eigenvalue weighted by Gasteiger charge is 2.12. The van der Waals surface area contributed by atoms with E-state index in [1.54, 1.807) is 36.4 Å². The molecule has 0 unspecified atom stereocenters. The average molecular weight is 362 g/mol. The van der Waals surface area contributed by atoms with Gasteiger partial charge in [-0.05, 0) is 36.8 Å². The van der Waals surface area contributed by atoms with Crippen LogP contribution in [0, 0.1) is 0 Å². The molecule has 1 amide bonds. The second-order valence-electron chi connectivity index (χ2n) is 5.55. The van der Waals surface area contributed by atoms with E-state index >= 15 is 0 Å². The van der Waals surface area contributed by atoms with Crippen molar-refractivity contribution in [3.63, 3.8) is 0 Å². The first-order chi connectivity index (χ1) is 11.8. The zero-order valence-electron chi connectivity index (χ0n) is 14.5. The topological polar surface area (TPSA) is 75.7 Å². The summed E-state index contributed by atoms with van der Waals surface area (Å²) in [5, 5.41) is 2.84. The van der Waals surface area contributed by atoms with Crippen molar-refractivity contribution in [1.29, 1.82) is 0 Å². The molecule has 0 atom stereocenters. The third-order valence-corrected chi connectivity index (χ3v) is 4.83. The molecule has 0 saturated heterocycles. The fourth-order valence-corrected chi connectivity index (χ4v) is 2.75. The van der Waals surface area contributed by atoms with Gasteiger partial charge >= 0.3 is 0 Å². The van der Waals surface area contributed by atoms with Gasteiger partial charge in [-0.2, -0.15) is 0 Å². The molecule has 7 heteroatoms. The van der Waals surface area contributed by atoms with Gasteiger partial charge < -0.3 is 10.1 Å². The van der Waals surface area contributed by atoms with Crippen LogP contribution in [0.1, 0.15) is 12.5 Å². The summed E-state index contributed by atoms with van der Waals surface area (Å²) in [6, 6.07) is 14.1. The highest BCUT2D eigenvalue weighted by molar-refractivity contribution is 7.92. The number of carbonyl (C=O) groups excluding carboxylic acids is 1. The Morgan fingerprint density at radius 1 is 1.12 bits per heavy atom. The monoisotopic (exact) mass is 362 g/mol. The summed E-state index contributed by atoms with van der Waals surface area (Å²) in [7, 11) is -1.81. The molecule has 0 aromatic heterocycles. The fourth-order valence-electron chi connectivity index (χ4n) is 2.25. The van der Waals surface area contributed by atoms with Crippen LogP contribution in [-0.4, -0.2) is 34.2 Å². The average Bonchev–Trinajstić information content (AvgIpc) is 2.56. The number of anilines is 2. The first-order valence-electron chi connectivity index (χ1n) is 7.85. The number of hydrogen-bond acceptors (Lipinski definition) is 4. The van der Waals surface area contributed by atoms with Gasteiger partial charge in [-0.25, -0.2) is 8.42 Å². The summed E-state index contributed by atoms with van der Waals surface area (Å²) in [6.45, 7) is 2.40. The molecule has 0 fully saturated rings. The summed E-state index contributed by atoms with van der Waals surface area (Å²) < 4.78 is 29.7. The molecule has 0 aliphatic carbocycles. The van der Waals surface area contributed by atoms with Crippen molar-refractivity contribution >= 4 is 27.3 Å². The van der Waals surface area contributed by atoms with Crippen LogP contribution in [0.15, 0.2) is 48.5 Å². The SMILES string of the molecule is CCOc1ccccc1NC(=O)Cc1ccc(N(C)S(C)(=O)=O)cc1. The van der Waals surface area contributed by atoms with Crippen LogP contribution in [-0.2, 0) is 21.2 Å². The van der Waals surface area contributed by atoms with E-state index in [9.17, 15) is 13.2 Å². The number of hydrogen-bond donors (Lipinski definition) is 1. The van der Waals surface area contributed by atoms with E-state index in [0.29, 0.717) is 23.7 Å². The molecule has 2 aromatic rings. The Morgan fingerprint density at radius 3 is 2.36 bits per heavy atom. The van der Waals surface area contributed by atoms with Crippen molar-refractivity contribution in [2.75, 3.05) is 29.5 Å². The minimum atomic E-state index is -3.30. The predicted molar refractivity (Wildman–Crippen MR) is 99.6 cm³/mol. The molecule has 2 aromatic carbocycles. The molecule has 0 saturated carbocycles. The predicted octanol–water partition coefficient (Wildman–Crippen LogP) is 2.66. The van der Waals surface area contributed by atoms with E-state index < -0.39 is 10.0 Å². The smallest absolute Gasteiger partial charge is 0.231 e. The highest BCUT2D eigenvalue weighted by Crippen LogP contribution is 2.24. The number of amides is 1. The summed E-state index contributed by atoms with van der Waals surface area (Å²) in [6.07, 6.45) is 1.33. The molecule has 0 radical (unpaired) electrons. The highest BCUT2D eigenvalue weighted by atomic mass is 32.2. The molecule has 6 nitrogen and oxygen atoms in total. The van der Waals surface area contributed by atoms with Crippen molar-refractivity contribution in [1.82, 2.24) is 0 Å². The van der Waals surface area contributed by atoms with Gasteiger partial charge in [-0.3, -0.25) is 9.10 Å². The third-order valence-electron chi connectivity index (χ3n) is 3.62. The van der Waals surface area contributed by atoms with Crippen LogP contribution in [0.25, 0.3) is 0 Å². The summed E-state index contributed by atoms with van der Waals surface area (Å²) in [5.41, 5.74) is 1.97. The van der Waals surface area contributed by atoms with E-state index in [1.807, 2.05) is 19.1 Å². The number of nitrogens with one attached hydrogen (secondary N) is 1. The number of rotatable bonds is 7. The van der Waals surface area contributed by atoms with Gasteiger partial charge in [0.1, 0.15) is 5.75 Å². The molecule has 0 bridgehead atoms. The zero-order valence-corrected chi connectivity index (χ0v) is 15.3. The summed E-state index contributed by atoms with van der Waals surface area (Å²) in [4.78, 5) is 12.2. The second kappa shape index (κ2) is 8.02. The second-order valence-corrected chi connectivity index (χ2v) is 7.56. The van der Waals surface area contributed by atoms with E-state index in [-0.39, 0.29) is 12.3 Å². The third kappa shape index (κ3) is 5.22. The molecular formula is C18H22N2O4S. The van der Waals surface area contributed by atoms with Gasteiger partial charge in [0.2, 0.25) is 15.9 Å². The Hall–Kier alpha value is -2.54. The van der Waals surface area contributed by atoms with Gasteiger partial charge in [0, 0.05) is 7.05 Å². The first kappa shape index (κ1) is 18.8. The maximum absolute atomic E-state index is 12.2. The normalized spacial score (nSPS) is 11.0. The Bertz CT molecular complexity index is 832. The number of sulfonamides is 1. The molecule has 2 rings (SSSR count). The van der Waals surface area contributed by atoms with E-state index in [1.165, 1.54) is 11.4 Å². The summed E-state index contributed by atoms with van der Waals surface area (Å²) in [5.74, 6) is 0.458. The van der Waals surface area contributed by atoms with E-state index in [2.05, 4.69) is 5.32 Å². The number of carbonyl (C=O) groups is 1. The largest absolute Gasteiger partial charge is 0.492 e. The van der Waals surface area contributed by atoms with Gasteiger partial charge in [0.15, 0.2) is 0 Å². The number of nitrogens with zero attached hydrogens (tertiary/aromatic N) is 1. The zero-order chi connectivity index (χ0) is 18.4. The lowest BCUT2D eigenvalue weighted by molar-refractivity contribution is -0.115. The van der Waals surface area contributed by atoms with Crippen molar-refractivity contribution in [3.05, 3.63) is 54.1 Å². The molecule has 0 heterocycles. The van der Waals surface area contributed by atoms with Crippen molar-refractivity contribution in [2.24, 2.45) is 0 Å². The van der Waals surface area contributed by atoms with Gasteiger partial charge in [-0.1, -0.05) is 24.3 Å².